The summed E-state index contributed by atoms with van der Waals surface area (Å²) in [5, 5.41) is 21.7. The van der Waals surface area contributed by atoms with Gasteiger partial charge in [0.2, 0.25) is 0 Å². The molecule has 178 valence electrons. The smallest absolute Gasteiger partial charge is 0.269 e. The minimum Gasteiger partial charge on any atom is -0.293 e. The predicted molar refractivity (Wildman–Crippen MR) is 146 cm³/mol. The first-order valence-electron chi connectivity index (χ1n) is 11.7. The van der Waals surface area contributed by atoms with Crippen LogP contribution in [0.3, 0.4) is 0 Å². The van der Waals surface area contributed by atoms with Gasteiger partial charge in [0.1, 0.15) is 11.6 Å². The lowest BCUT2D eigenvalue weighted by Crippen LogP contribution is -1.98. The molecule has 0 saturated carbocycles. The van der Waals surface area contributed by atoms with Gasteiger partial charge in [-0.2, -0.15) is 5.26 Å². The average Bonchev–Trinajstić information content (AvgIpc) is 3.27. The first kappa shape index (κ1) is 23.5. The molecular weight excluding hydrogens is 460 g/mol. The van der Waals surface area contributed by atoms with Crippen LogP contribution in [0.25, 0.3) is 28.1 Å². The molecule has 0 aliphatic heterocycles. The Balaban J connectivity index is 1.86. The van der Waals surface area contributed by atoms with Crippen molar-refractivity contribution in [2.24, 2.45) is 4.99 Å². The number of aliphatic imine (C=N–C) groups is 1. The van der Waals surface area contributed by atoms with Crippen LogP contribution in [0.4, 0.5) is 11.5 Å². The Hall–Kier alpha value is -5.28. The molecule has 0 aliphatic carbocycles. The van der Waals surface area contributed by atoms with Gasteiger partial charge in [-0.05, 0) is 47.9 Å². The van der Waals surface area contributed by atoms with Crippen LogP contribution < -0.4 is 0 Å². The molecule has 0 N–H and O–H groups in total. The maximum absolute atomic E-state index is 11.3. The highest BCUT2D eigenvalue weighted by atomic mass is 16.6. The van der Waals surface area contributed by atoms with Crippen molar-refractivity contribution in [3.63, 3.8) is 0 Å². The number of hydrogen-bond acceptors (Lipinski definition) is 4. The zero-order valence-electron chi connectivity index (χ0n) is 20.1. The first-order chi connectivity index (χ1) is 18.1. The molecule has 0 bridgehead atoms. The molecule has 6 heteroatoms. The van der Waals surface area contributed by atoms with Crippen LogP contribution in [0.2, 0.25) is 0 Å². The predicted octanol–water partition coefficient (Wildman–Crippen LogP) is 7.65. The Morgan fingerprint density at radius 2 is 1.46 bits per heavy atom. The second-order valence-electron chi connectivity index (χ2n) is 8.54. The SMILES string of the molecule is Cc1ccc(-n2c(/N=C/c3ccccc3)c(C#N)c(-c3ccc([N+](=O)[O-])cc3)c2-c2ccccc2)cc1. The van der Waals surface area contributed by atoms with E-state index in [4.69, 9.17) is 4.99 Å². The van der Waals surface area contributed by atoms with E-state index in [1.54, 1.807) is 18.3 Å². The quantitative estimate of drug-likeness (QED) is 0.141. The van der Waals surface area contributed by atoms with Crippen molar-refractivity contribution >= 4 is 17.7 Å². The molecule has 0 aliphatic rings. The van der Waals surface area contributed by atoms with Crippen molar-refractivity contribution in [1.29, 1.82) is 5.26 Å². The zero-order valence-corrected chi connectivity index (χ0v) is 20.1. The fourth-order valence-electron chi connectivity index (χ4n) is 4.31. The molecule has 0 unspecified atom stereocenters. The molecular formula is C31H22N4O2. The maximum atomic E-state index is 11.3. The van der Waals surface area contributed by atoms with Gasteiger partial charge in [0.05, 0.1) is 10.6 Å². The largest absolute Gasteiger partial charge is 0.293 e. The van der Waals surface area contributed by atoms with Gasteiger partial charge in [-0.3, -0.25) is 14.7 Å². The number of aromatic nitrogens is 1. The van der Waals surface area contributed by atoms with Gasteiger partial charge in [0.25, 0.3) is 5.69 Å². The Kier molecular flexibility index (Phi) is 6.43. The summed E-state index contributed by atoms with van der Waals surface area (Å²) in [5.41, 5.74) is 6.30. The van der Waals surface area contributed by atoms with Crippen molar-refractivity contribution in [2.75, 3.05) is 0 Å². The molecule has 0 fully saturated rings. The topological polar surface area (TPSA) is 84.2 Å². The van der Waals surface area contributed by atoms with Crippen molar-refractivity contribution in [3.05, 3.63) is 136 Å². The van der Waals surface area contributed by atoms with Crippen LogP contribution >= 0.6 is 0 Å². The lowest BCUT2D eigenvalue weighted by Gasteiger charge is -2.14. The summed E-state index contributed by atoms with van der Waals surface area (Å²) in [6.45, 7) is 2.02. The normalized spacial score (nSPS) is 10.9. The van der Waals surface area contributed by atoms with E-state index in [0.717, 1.165) is 28.1 Å². The van der Waals surface area contributed by atoms with Crippen LogP contribution in [-0.2, 0) is 0 Å². The van der Waals surface area contributed by atoms with E-state index in [9.17, 15) is 15.4 Å². The van der Waals surface area contributed by atoms with Crippen LogP contribution in [-0.4, -0.2) is 15.7 Å². The van der Waals surface area contributed by atoms with E-state index in [-0.39, 0.29) is 5.69 Å². The second-order valence-corrected chi connectivity index (χ2v) is 8.54. The Labute approximate surface area is 214 Å². The Bertz CT molecular complexity index is 1630. The molecule has 5 rings (SSSR count). The first-order valence-corrected chi connectivity index (χ1v) is 11.7. The van der Waals surface area contributed by atoms with Crippen molar-refractivity contribution < 1.29 is 4.92 Å². The molecule has 0 atom stereocenters. The van der Waals surface area contributed by atoms with Gasteiger partial charge in [0, 0.05) is 29.6 Å². The number of hydrogen-bond donors (Lipinski definition) is 0. The van der Waals surface area contributed by atoms with Gasteiger partial charge < -0.3 is 0 Å². The van der Waals surface area contributed by atoms with Crippen molar-refractivity contribution in [1.82, 2.24) is 4.57 Å². The molecule has 0 radical (unpaired) electrons. The zero-order chi connectivity index (χ0) is 25.8. The van der Waals surface area contributed by atoms with Crippen LogP contribution in [0, 0.1) is 28.4 Å². The minimum absolute atomic E-state index is 0.0104. The van der Waals surface area contributed by atoms with Gasteiger partial charge in [-0.25, -0.2) is 4.99 Å². The summed E-state index contributed by atoms with van der Waals surface area (Å²) in [7, 11) is 0. The third kappa shape index (κ3) is 4.66. The van der Waals surface area contributed by atoms with Crippen LogP contribution in [0.15, 0.2) is 114 Å². The second kappa shape index (κ2) is 10.1. The van der Waals surface area contributed by atoms with E-state index in [2.05, 4.69) is 6.07 Å². The summed E-state index contributed by atoms with van der Waals surface area (Å²) < 4.78 is 1.99. The molecule has 0 amide bonds. The number of nitriles is 1. The van der Waals surface area contributed by atoms with Crippen molar-refractivity contribution in [3.8, 4) is 34.1 Å². The fourth-order valence-corrected chi connectivity index (χ4v) is 4.31. The number of nitrogens with zero attached hydrogens (tertiary/aromatic N) is 4. The van der Waals surface area contributed by atoms with E-state index in [1.165, 1.54) is 12.1 Å². The van der Waals surface area contributed by atoms with Gasteiger partial charge in [-0.15, -0.1) is 0 Å². The standard InChI is InChI=1S/C31H22N4O2/c1-22-12-16-26(17-13-22)34-30(25-10-6-3-7-11-25)29(24-14-18-27(19-15-24)35(36)37)28(20-32)31(34)33-21-23-8-4-2-5-9-23/h2-19,21H,1H3/b33-21+. The van der Waals surface area contributed by atoms with E-state index in [1.807, 2.05) is 96.4 Å². The molecule has 37 heavy (non-hydrogen) atoms. The molecule has 0 saturated heterocycles. The molecule has 5 aromatic rings. The van der Waals surface area contributed by atoms with E-state index in [0.29, 0.717) is 22.5 Å². The summed E-state index contributed by atoms with van der Waals surface area (Å²) in [6.07, 6.45) is 1.75. The van der Waals surface area contributed by atoms with Gasteiger partial charge >= 0.3 is 0 Å². The summed E-state index contributed by atoms with van der Waals surface area (Å²) >= 11 is 0. The highest BCUT2D eigenvalue weighted by molar-refractivity contribution is 5.94. The Morgan fingerprint density at radius 1 is 0.838 bits per heavy atom. The molecule has 1 aromatic heterocycles. The average molecular weight is 483 g/mol. The molecule has 0 spiro atoms. The summed E-state index contributed by atoms with van der Waals surface area (Å²) in [4.78, 5) is 15.7. The monoisotopic (exact) mass is 482 g/mol. The number of nitro benzene ring substituents is 1. The fraction of sp³-hybridized carbons (Fsp3) is 0.0323. The highest BCUT2D eigenvalue weighted by Crippen LogP contribution is 2.44. The number of nitro groups is 1. The van der Waals surface area contributed by atoms with Gasteiger partial charge in [-0.1, -0.05) is 78.4 Å². The van der Waals surface area contributed by atoms with Crippen molar-refractivity contribution in [2.45, 2.75) is 6.92 Å². The molecule has 1 heterocycles. The minimum atomic E-state index is -0.430. The number of aryl methyl sites for hydroxylation is 1. The van der Waals surface area contributed by atoms with Gasteiger partial charge in [0.15, 0.2) is 5.82 Å². The number of rotatable bonds is 6. The maximum Gasteiger partial charge on any atom is 0.269 e. The third-order valence-electron chi connectivity index (χ3n) is 6.10. The third-order valence-corrected chi connectivity index (χ3v) is 6.10. The Morgan fingerprint density at radius 3 is 2.05 bits per heavy atom. The number of non-ortho nitro benzene ring substituents is 1. The summed E-state index contributed by atoms with van der Waals surface area (Å²) in [6, 6.07) is 36.2. The number of benzene rings is 4. The van der Waals surface area contributed by atoms with Crippen LogP contribution in [0.5, 0.6) is 0 Å². The van der Waals surface area contributed by atoms with E-state index < -0.39 is 4.92 Å². The van der Waals surface area contributed by atoms with E-state index >= 15 is 0 Å². The highest BCUT2D eigenvalue weighted by Gasteiger charge is 2.26. The lowest BCUT2D eigenvalue weighted by atomic mass is 9.97. The van der Waals surface area contributed by atoms with Crippen LogP contribution in [0.1, 0.15) is 16.7 Å². The molecule has 4 aromatic carbocycles. The lowest BCUT2D eigenvalue weighted by molar-refractivity contribution is -0.384. The molecule has 6 nitrogen and oxygen atoms in total. The summed E-state index contributed by atoms with van der Waals surface area (Å²) in [5.74, 6) is 0.488.